The molecule has 2 rings (SSSR count). The number of carbonyl (C=O) groups is 1. The average molecular weight is 261 g/mol. The van der Waals surface area contributed by atoms with Gasteiger partial charge in [-0.25, -0.2) is 0 Å². The zero-order valence-electron chi connectivity index (χ0n) is 11.3. The molecule has 3 nitrogen and oxygen atoms in total. The van der Waals surface area contributed by atoms with Crippen molar-refractivity contribution < 1.29 is 9.90 Å². The molecule has 1 saturated carbocycles. The van der Waals surface area contributed by atoms with Crippen molar-refractivity contribution in [3.63, 3.8) is 0 Å². The zero-order chi connectivity index (χ0) is 13.5. The fraction of sp³-hybridized carbons (Fsp3) is 0.562. The molecule has 1 aliphatic rings. The lowest BCUT2D eigenvalue weighted by atomic mass is 9.94. The largest absolute Gasteiger partial charge is 0.481 e. The summed E-state index contributed by atoms with van der Waals surface area (Å²) in [5.74, 6) is 0.00119. The van der Waals surface area contributed by atoms with E-state index in [1.165, 1.54) is 24.8 Å². The first-order chi connectivity index (χ1) is 9.25. The summed E-state index contributed by atoms with van der Waals surface area (Å²) >= 11 is 0. The highest BCUT2D eigenvalue weighted by molar-refractivity contribution is 5.66. The van der Waals surface area contributed by atoms with E-state index in [0.29, 0.717) is 12.0 Å². The number of nitrogens with one attached hydrogen (secondary N) is 1. The molecule has 0 saturated heterocycles. The predicted molar refractivity (Wildman–Crippen MR) is 76.1 cm³/mol. The Kier molecular flexibility index (Phi) is 5.40. The van der Waals surface area contributed by atoms with E-state index >= 15 is 0 Å². The second-order valence-corrected chi connectivity index (χ2v) is 5.44. The molecular weight excluding hydrogens is 238 g/mol. The lowest BCUT2D eigenvalue weighted by molar-refractivity contribution is -0.137. The molecule has 0 aromatic heterocycles. The number of hydrogen-bond acceptors (Lipinski definition) is 2. The van der Waals surface area contributed by atoms with Gasteiger partial charge in [-0.05, 0) is 43.7 Å². The van der Waals surface area contributed by atoms with Gasteiger partial charge >= 0.3 is 5.97 Å². The van der Waals surface area contributed by atoms with Gasteiger partial charge in [0.1, 0.15) is 0 Å². The van der Waals surface area contributed by atoms with Crippen molar-refractivity contribution in [2.75, 3.05) is 6.54 Å². The fourth-order valence-electron chi connectivity index (χ4n) is 2.99. The van der Waals surface area contributed by atoms with E-state index in [4.69, 9.17) is 5.11 Å². The van der Waals surface area contributed by atoms with Crippen molar-refractivity contribution in [3.8, 4) is 0 Å². The lowest BCUT2D eigenvalue weighted by Gasteiger charge is -2.21. The van der Waals surface area contributed by atoms with Crippen LogP contribution in [0.4, 0.5) is 0 Å². The maximum Gasteiger partial charge on any atom is 0.303 e. The van der Waals surface area contributed by atoms with Gasteiger partial charge in [0.2, 0.25) is 0 Å². The van der Waals surface area contributed by atoms with Gasteiger partial charge in [0.25, 0.3) is 0 Å². The first-order valence-corrected chi connectivity index (χ1v) is 7.25. The fourth-order valence-corrected chi connectivity index (χ4v) is 2.99. The second-order valence-electron chi connectivity index (χ2n) is 5.44. The summed E-state index contributed by atoms with van der Waals surface area (Å²) in [6, 6.07) is 11.2. The highest BCUT2D eigenvalue weighted by Crippen LogP contribution is 2.28. The molecule has 2 atom stereocenters. The Morgan fingerprint density at radius 2 is 2.05 bits per heavy atom. The highest BCUT2D eigenvalue weighted by atomic mass is 16.4. The van der Waals surface area contributed by atoms with Gasteiger partial charge in [-0.2, -0.15) is 0 Å². The number of aliphatic carboxylic acids is 1. The van der Waals surface area contributed by atoms with Crippen LogP contribution in [0.5, 0.6) is 0 Å². The number of benzene rings is 1. The molecule has 104 valence electrons. The average Bonchev–Trinajstić information content (AvgIpc) is 2.83. The van der Waals surface area contributed by atoms with E-state index in [1.54, 1.807) is 0 Å². The van der Waals surface area contributed by atoms with Crippen LogP contribution in [0.15, 0.2) is 30.3 Å². The molecule has 2 N–H and O–H groups in total. The van der Waals surface area contributed by atoms with E-state index in [2.05, 4.69) is 35.6 Å². The monoisotopic (exact) mass is 261 g/mol. The van der Waals surface area contributed by atoms with E-state index in [1.807, 2.05) is 0 Å². The van der Waals surface area contributed by atoms with Gasteiger partial charge in [-0.1, -0.05) is 36.8 Å². The van der Waals surface area contributed by atoms with Crippen LogP contribution in [-0.4, -0.2) is 23.7 Å². The maximum atomic E-state index is 10.5. The van der Waals surface area contributed by atoms with Gasteiger partial charge in [0.05, 0.1) is 0 Å². The van der Waals surface area contributed by atoms with Crippen LogP contribution < -0.4 is 5.32 Å². The zero-order valence-corrected chi connectivity index (χ0v) is 11.3. The summed E-state index contributed by atoms with van der Waals surface area (Å²) in [5, 5.41) is 12.2. The van der Waals surface area contributed by atoms with Crippen molar-refractivity contribution in [1.29, 1.82) is 0 Å². The van der Waals surface area contributed by atoms with Crippen molar-refractivity contribution in [3.05, 3.63) is 35.9 Å². The minimum atomic E-state index is -0.700. The normalized spacial score (nSPS) is 22.5. The van der Waals surface area contributed by atoms with Gasteiger partial charge in [-0.3, -0.25) is 4.79 Å². The smallest absolute Gasteiger partial charge is 0.303 e. The number of carboxylic acid groups (broad SMARTS) is 1. The van der Waals surface area contributed by atoms with Crippen LogP contribution in [0, 0.1) is 5.92 Å². The third kappa shape index (κ3) is 4.67. The van der Waals surface area contributed by atoms with Crippen LogP contribution in [0.3, 0.4) is 0 Å². The Bertz CT molecular complexity index is 391. The maximum absolute atomic E-state index is 10.5. The van der Waals surface area contributed by atoms with Crippen LogP contribution in [0.2, 0.25) is 0 Å². The Morgan fingerprint density at radius 3 is 2.79 bits per heavy atom. The first-order valence-electron chi connectivity index (χ1n) is 7.25. The molecule has 0 amide bonds. The number of hydrogen-bond donors (Lipinski definition) is 2. The van der Waals surface area contributed by atoms with E-state index in [9.17, 15) is 4.79 Å². The Hall–Kier alpha value is -1.35. The second kappa shape index (κ2) is 7.29. The van der Waals surface area contributed by atoms with Gasteiger partial charge in [-0.15, -0.1) is 0 Å². The van der Waals surface area contributed by atoms with Gasteiger partial charge in [0, 0.05) is 12.5 Å². The third-order valence-corrected chi connectivity index (χ3v) is 3.97. The summed E-state index contributed by atoms with van der Waals surface area (Å²) in [4.78, 5) is 10.5. The SMILES string of the molecule is O=C(O)CCCNC1CCCC1Cc1ccccc1. The van der Waals surface area contributed by atoms with Crippen LogP contribution in [0.25, 0.3) is 0 Å². The summed E-state index contributed by atoms with van der Waals surface area (Å²) in [6.45, 7) is 0.822. The molecule has 0 radical (unpaired) electrons. The molecule has 1 aliphatic carbocycles. The summed E-state index contributed by atoms with van der Waals surface area (Å²) in [7, 11) is 0. The molecule has 0 heterocycles. The van der Waals surface area contributed by atoms with Crippen molar-refractivity contribution in [1.82, 2.24) is 5.32 Å². The van der Waals surface area contributed by atoms with Crippen LogP contribution in [-0.2, 0) is 11.2 Å². The van der Waals surface area contributed by atoms with E-state index < -0.39 is 5.97 Å². The van der Waals surface area contributed by atoms with Crippen molar-refractivity contribution >= 4 is 5.97 Å². The molecule has 0 bridgehead atoms. The summed E-state index contributed by atoms with van der Waals surface area (Å²) < 4.78 is 0. The molecule has 1 fully saturated rings. The molecule has 2 unspecified atom stereocenters. The molecule has 19 heavy (non-hydrogen) atoms. The van der Waals surface area contributed by atoms with Crippen LogP contribution in [0.1, 0.15) is 37.7 Å². The first kappa shape index (κ1) is 14.1. The Balaban J connectivity index is 1.75. The molecule has 0 spiro atoms. The van der Waals surface area contributed by atoms with E-state index in [0.717, 1.165) is 19.4 Å². The number of carboxylic acids is 1. The molecule has 0 aliphatic heterocycles. The highest BCUT2D eigenvalue weighted by Gasteiger charge is 2.26. The molecule has 1 aromatic carbocycles. The predicted octanol–water partition coefficient (Wildman–Crippen LogP) is 2.85. The third-order valence-electron chi connectivity index (χ3n) is 3.97. The Labute approximate surface area is 115 Å². The lowest BCUT2D eigenvalue weighted by Crippen LogP contribution is -2.34. The molecule has 3 heteroatoms. The van der Waals surface area contributed by atoms with Gasteiger partial charge in [0.15, 0.2) is 0 Å². The van der Waals surface area contributed by atoms with E-state index in [-0.39, 0.29) is 6.42 Å². The van der Waals surface area contributed by atoms with Crippen molar-refractivity contribution in [2.24, 2.45) is 5.92 Å². The number of rotatable bonds is 7. The molecular formula is C16H23NO2. The minimum absolute atomic E-state index is 0.267. The summed E-state index contributed by atoms with van der Waals surface area (Å²) in [5.41, 5.74) is 1.41. The molecule has 1 aromatic rings. The summed E-state index contributed by atoms with van der Waals surface area (Å²) in [6.07, 6.45) is 5.93. The topological polar surface area (TPSA) is 49.3 Å². The standard InChI is InChI=1S/C16H23NO2/c18-16(19)10-5-11-17-15-9-4-8-14(15)12-13-6-2-1-3-7-13/h1-3,6-7,14-15,17H,4-5,8-12H2,(H,18,19). The quantitative estimate of drug-likeness (QED) is 0.742. The van der Waals surface area contributed by atoms with Gasteiger partial charge < -0.3 is 10.4 Å². The van der Waals surface area contributed by atoms with Crippen molar-refractivity contribution in [2.45, 2.75) is 44.6 Å². The minimum Gasteiger partial charge on any atom is -0.481 e. The Morgan fingerprint density at radius 1 is 1.26 bits per heavy atom. The van der Waals surface area contributed by atoms with Crippen LogP contribution >= 0.6 is 0 Å².